The second kappa shape index (κ2) is 11.8. The molecule has 35 heavy (non-hydrogen) atoms. The molecule has 1 amide bonds. The molecule has 2 aromatic carbocycles. The Kier molecular flexibility index (Phi) is 9.41. The fraction of sp³-hybridized carbons (Fsp3) is 0.250. The van der Waals surface area contributed by atoms with Crippen LogP contribution in [0.2, 0.25) is 0 Å². The van der Waals surface area contributed by atoms with Gasteiger partial charge in [-0.15, -0.1) is 24.8 Å². The summed E-state index contributed by atoms with van der Waals surface area (Å²) in [5.74, 6) is -0.416. The molecule has 0 saturated heterocycles. The molecule has 0 saturated carbocycles. The lowest BCUT2D eigenvalue weighted by molar-refractivity contribution is -0.122. The first-order chi connectivity index (χ1) is 15.9. The highest BCUT2D eigenvalue weighted by atomic mass is 35.5. The Balaban J connectivity index is 0.00000216. The number of aromatic nitrogens is 1. The first kappa shape index (κ1) is 27.8. The number of halogens is 2. The van der Waals surface area contributed by atoms with Gasteiger partial charge in [-0.05, 0) is 18.9 Å². The zero-order valence-electron chi connectivity index (χ0n) is 18.9. The van der Waals surface area contributed by atoms with Crippen LogP contribution in [0.25, 0.3) is 22.0 Å². The number of hydrogen-bond acceptors (Lipinski definition) is 5. The number of rotatable bonds is 8. The number of ketones is 1. The second-order valence-electron chi connectivity index (χ2n) is 7.95. The van der Waals surface area contributed by atoms with Crippen LogP contribution in [0, 0.1) is 0 Å². The molecule has 1 atom stereocenters. The second-order valence-corrected chi connectivity index (χ2v) is 7.95. The number of carbonyl (C=O) groups excluding carboxylic acids is 2. The maximum Gasteiger partial charge on any atom is 0.259 e. The Morgan fingerprint density at radius 1 is 0.971 bits per heavy atom. The van der Waals surface area contributed by atoms with Crippen molar-refractivity contribution in [2.24, 2.45) is 22.2 Å². The van der Waals surface area contributed by atoms with Crippen LogP contribution in [0.3, 0.4) is 0 Å². The molecule has 11 heteroatoms. The number of benzene rings is 2. The summed E-state index contributed by atoms with van der Waals surface area (Å²) in [6.07, 6.45) is 0.999. The highest BCUT2D eigenvalue weighted by molar-refractivity contribution is 6.26. The topological polar surface area (TPSA) is 159 Å². The van der Waals surface area contributed by atoms with E-state index in [9.17, 15) is 14.4 Å². The third-order valence-corrected chi connectivity index (χ3v) is 5.77. The predicted octanol–water partition coefficient (Wildman–Crippen LogP) is 1.55. The lowest BCUT2D eigenvalue weighted by Crippen LogP contribution is -2.42. The number of pyridine rings is 1. The van der Waals surface area contributed by atoms with Crippen molar-refractivity contribution in [1.82, 2.24) is 9.88 Å². The van der Waals surface area contributed by atoms with Gasteiger partial charge in [-0.25, -0.2) is 0 Å². The van der Waals surface area contributed by atoms with Crippen molar-refractivity contribution in [2.75, 3.05) is 13.1 Å². The number of fused-ring (bicyclic) bond motifs is 5. The van der Waals surface area contributed by atoms with Crippen molar-refractivity contribution in [1.29, 1.82) is 0 Å². The predicted molar refractivity (Wildman–Crippen MR) is 142 cm³/mol. The highest BCUT2D eigenvalue weighted by Crippen LogP contribution is 2.38. The summed E-state index contributed by atoms with van der Waals surface area (Å²) in [6, 6.07) is 13.7. The van der Waals surface area contributed by atoms with Gasteiger partial charge < -0.3 is 27.1 Å². The summed E-state index contributed by atoms with van der Waals surface area (Å²) >= 11 is 0. The van der Waals surface area contributed by atoms with Crippen LogP contribution >= 0.6 is 24.8 Å². The Hall–Kier alpha value is -3.40. The molecule has 0 bridgehead atoms. The van der Waals surface area contributed by atoms with E-state index < -0.39 is 6.04 Å². The van der Waals surface area contributed by atoms with Gasteiger partial charge in [-0.2, -0.15) is 0 Å². The number of nitrogens with zero attached hydrogens (tertiary/aromatic N) is 2. The highest BCUT2D eigenvalue weighted by Gasteiger charge is 2.32. The molecule has 3 aromatic rings. The van der Waals surface area contributed by atoms with Gasteiger partial charge in [0.15, 0.2) is 11.7 Å². The van der Waals surface area contributed by atoms with Gasteiger partial charge in [0.1, 0.15) is 0 Å². The van der Waals surface area contributed by atoms with Gasteiger partial charge in [0.2, 0.25) is 5.91 Å². The van der Waals surface area contributed by atoms with Crippen LogP contribution in [-0.2, 0) is 11.3 Å². The lowest BCUT2D eigenvalue weighted by Gasteiger charge is -2.16. The molecule has 0 spiro atoms. The molecule has 0 unspecified atom stereocenters. The largest absolute Gasteiger partial charge is 0.370 e. The molecule has 1 heterocycles. The monoisotopic (exact) mass is 518 g/mol. The molecular weight excluding hydrogens is 491 g/mol. The number of hydrogen-bond donors (Lipinski definition) is 4. The van der Waals surface area contributed by atoms with Crippen LogP contribution in [0.1, 0.15) is 28.8 Å². The molecule has 0 fully saturated rings. The first-order valence-corrected chi connectivity index (χ1v) is 10.8. The van der Waals surface area contributed by atoms with Crippen LogP contribution in [0.15, 0.2) is 58.3 Å². The minimum Gasteiger partial charge on any atom is -0.370 e. The molecule has 186 valence electrons. The Morgan fingerprint density at radius 3 is 2.29 bits per heavy atom. The van der Waals surface area contributed by atoms with Crippen molar-refractivity contribution in [3.8, 4) is 11.3 Å². The fourth-order valence-corrected chi connectivity index (χ4v) is 4.22. The molecule has 4 rings (SSSR count). The fourth-order valence-electron chi connectivity index (χ4n) is 4.22. The van der Waals surface area contributed by atoms with Gasteiger partial charge >= 0.3 is 0 Å². The summed E-state index contributed by atoms with van der Waals surface area (Å²) in [7, 11) is 0. The molecule has 0 radical (unpaired) electrons. The van der Waals surface area contributed by atoms with E-state index in [2.05, 4.69) is 10.3 Å². The van der Waals surface area contributed by atoms with Crippen molar-refractivity contribution >= 4 is 53.2 Å². The Morgan fingerprint density at radius 2 is 1.60 bits per heavy atom. The molecular formula is C24H28Cl2N6O3. The maximum atomic E-state index is 13.3. The standard InChI is InChI=1S/C24H26N6O3.2ClH/c25-18(10-5-11-29-24(26)27)22(32)28-12-13-30-20-15-7-2-3-8-16(15)21(31)19(20)14-6-1-4-9-17(14)23(30)33;;/h1-4,6-9,18H,5,10-13,25H2,(H,28,32)(H4,26,27,29);2*1H/t18-;;/m0../s1. The zero-order valence-corrected chi connectivity index (χ0v) is 20.5. The van der Waals surface area contributed by atoms with E-state index in [0.29, 0.717) is 47.0 Å². The average Bonchev–Trinajstić information content (AvgIpc) is 3.11. The summed E-state index contributed by atoms with van der Waals surface area (Å²) in [5.41, 5.74) is 18.7. The Labute approximate surface area is 214 Å². The van der Waals surface area contributed by atoms with E-state index in [1.54, 1.807) is 28.8 Å². The normalized spacial score (nSPS) is 12.1. The number of carbonyl (C=O) groups is 2. The number of guanidine groups is 1. The van der Waals surface area contributed by atoms with Gasteiger partial charge in [0.25, 0.3) is 5.56 Å². The van der Waals surface area contributed by atoms with Crippen molar-refractivity contribution in [2.45, 2.75) is 25.4 Å². The number of aliphatic imine (C=N–C) groups is 1. The van der Waals surface area contributed by atoms with Crippen molar-refractivity contribution in [3.05, 3.63) is 70.0 Å². The van der Waals surface area contributed by atoms with Gasteiger partial charge in [0, 0.05) is 41.5 Å². The zero-order chi connectivity index (χ0) is 23.5. The van der Waals surface area contributed by atoms with Crippen LogP contribution in [0.4, 0.5) is 0 Å². The van der Waals surface area contributed by atoms with E-state index in [1.807, 2.05) is 24.3 Å². The summed E-state index contributed by atoms with van der Waals surface area (Å²) < 4.78 is 1.58. The smallest absolute Gasteiger partial charge is 0.259 e. The number of amides is 1. The molecule has 9 nitrogen and oxygen atoms in total. The molecule has 1 aromatic heterocycles. The summed E-state index contributed by atoms with van der Waals surface area (Å²) in [5, 5.41) is 3.90. The number of nitrogens with one attached hydrogen (secondary N) is 1. The minimum absolute atomic E-state index is 0. The Bertz CT molecular complexity index is 1330. The van der Waals surface area contributed by atoms with Crippen LogP contribution < -0.4 is 28.1 Å². The first-order valence-electron chi connectivity index (χ1n) is 10.8. The van der Waals surface area contributed by atoms with E-state index in [4.69, 9.17) is 17.2 Å². The van der Waals surface area contributed by atoms with Gasteiger partial charge in [-0.3, -0.25) is 19.4 Å². The van der Waals surface area contributed by atoms with Gasteiger partial charge in [-0.1, -0.05) is 42.5 Å². The van der Waals surface area contributed by atoms with E-state index in [-0.39, 0.29) is 61.1 Å². The third kappa shape index (κ3) is 5.48. The van der Waals surface area contributed by atoms with E-state index in [1.165, 1.54) is 0 Å². The minimum atomic E-state index is -0.708. The molecule has 1 aliphatic carbocycles. The molecule has 0 aliphatic heterocycles. The number of nitrogens with two attached hydrogens (primary N) is 3. The van der Waals surface area contributed by atoms with Crippen molar-refractivity contribution in [3.63, 3.8) is 0 Å². The van der Waals surface area contributed by atoms with Gasteiger partial charge in [0.05, 0.1) is 17.3 Å². The van der Waals surface area contributed by atoms with E-state index >= 15 is 0 Å². The van der Waals surface area contributed by atoms with Crippen LogP contribution in [0.5, 0.6) is 0 Å². The maximum absolute atomic E-state index is 13.3. The summed E-state index contributed by atoms with van der Waals surface area (Å²) in [6.45, 7) is 0.803. The molecule has 7 N–H and O–H groups in total. The van der Waals surface area contributed by atoms with E-state index in [0.717, 1.165) is 5.56 Å². The quantitative estimate of drug-likeness (QED) is 0.157. The van der Waals surface area contributed by atoms with Crippen LogP contribution in [-0.4, -0.2) is 41.3 Å². The third-order valence-electron chi connectivity index (χ3n) is 5.77. The lowest BCUT2D eigenvalue weighted by atomic mass is 10.0. The molecule has 1 aliphatic rings. The van der Waals surface area contributed by atoms with Crippen molar-refractivity contribution < 1.29 is 9.59 Å². The summed E-state index contributed by atoms with van der Waals surface area (Å²) in [4.78, 5) is 42.8. The SMILES string of the molecule is Cl.Cl.NC(N)=NCCC[C@H](N)C(=O)NCCn1c2c(c3ccccc3c1=O)C(=O)c1ccccc1-2. The average molecular weight is 519 g/mol.